The molecule has 2 aromatic carbocycles. The lowest BCUT2D eigenvalue weighted by Crippen LogP contribution is -1.99. The summed E-state index contributed by atoms with van der Waals surface area (Å²) in [5, 5.41) is 0.709. The minimum absolute atomic E-state index is 0.705. The fraction of sp³-hybridized carbons (Fsp3) is 0.200. The monoisotopic (exact) mass is 324 g/mol. The quantitative estimate of drug-likeness (QED) is 0.694. The van der Waals surface area contributed by atoms with E-state index in [4.69, 9.17) is 16.3 Å². The first-order valence-electron chi connectivity index (χ1n) is 5.87. The summed E-state index contributed by atoms with van der Waals surface area (Å²) in [7, 11) is 0. The van der Waals surface area contributed by atoms with Crippen LogP contribution in [-0.4, -0.2) is 6.61 Å². The van der Waals surface area contributed by atoms with Crippen molar-refractivity contribution in [3.8, 4) is 5.75 Å². The van der Waals surface area contributed by atoms with Crippen LogP contribution in [0.5, 0.6) is 5.75 Å². The SMILES string of the molecule is Clc1cccc(OCCCc2ccc(Br)cc2)c1. The zero-order chi connectivity index (χ0) is 12.8. The van der Waals surface area contributed by atoms with Gasteiger partial charge in [-0.05, 0) is 48.7 Å². The van der Waals surface area contributed by atoms with Crippen LogP contribution in [-0.2, 0) is 6.42 Å². The summed E-state index contributed by atoms with van der Waals surface area (Å²) in [5.74, 6) is 0.832. The van der Waals surface area contributed by atoms with E-state index in [0.717, 1.165) is 23.1 Å². The van der Waals surface area contributed by atoms with Gasteiger partial charge in [0.15, 0.2) is 0 Å². The summed E-state index contributed by atoms with van der Waals surface area (Å²) >= 11 is 9.31. The lowest BCUT2D eigenvalue weighted by atomic mass is 10.1. The molecular weight excluding hydrogens is 312 g/mol. The molecule has 0 aliphatic carbocycles. The fourth-order valence-corrected chi connectivity index (χ4v) is 2.12. The highest BCUT2D eigenvalue weighted by Gasteiger charge is 1.96. The summed E-state index contributed by atoms with van der Waals surface area (Å²) in [6.07, 6.45) is 2.02. The molecule has 0 fully saturated rings. The van der Waals surface area contributed by atoms with Crippen molar-refractivity contribution < 1.29 is 4.74 Å². The zero-order valence-corrected chi connectivity index (χ0v) is 12.2. The average Bonchev–Trinajstić information content (AvgIpc) is 2.37. The van der Waals surface area contributed by atoms with Crippen LogP contribution in [0.15, 0.2) is 53.0 Å². The fourth-order valence-electron chi connectivity index (χ4n) is 1.67. The van der Waals surface area contributed by atoms with Crippen molar-refractivity contribution in [2.24, 2.45) is 0 Å². The maximum absolute atomic E-state index is 5.88. The number of hydrogen-bond donors (Lipinski definition) is 0. The van der Waals surface area contributed by atoms with E-state index in [-0.39, 0.29) is 0 Å². The van der Waals surface area contributed by atoms with Crippen LogP contribution in [0.4, 0.5) is 0 Å². The first kappa shape index (κ1) is 13.4. The van der Waals surface area contributed by atoms with Gasteiger partial charge in [0.25, 0.3) is 0 Å². The third kappa shape index (κ3) is 4.35. The topological polar surface area (TPSA) is 9.23 Å². The van der Waals surface area contributed by atoms with Crippen molar-refractivity contribution in [2.45, 2.75) is 12.8 Å². The Labute approximate surface area is 121 Å². The number of hydrogen-bond acceptors (Lipinski definition) is 1. The summed E-state index contributed by atoms with van der Waals surface area (Å²) < 4.78 is 6.75. The van der Waals surface area contributed by atoms with Gasteiger partial charge in [-0.25, -0.2) is 0 Å². The number of halogens is 2. The van der Waals surface area contributed by atoms with Gasteiger partial charge < -0.3 is 4.74 Å². The molecule has 0 saturated carbocycles. The number of aryl methyl sites for hydroxylation is 1. The molecule has 1 nitrogen and oxygen atoms in total. The highest BCUT2D eigenvalue weighted by atomic mass is 79.9. The van der Waals surface area contributed by atoms with E-state index in [9.17, 15) is 0 Å². The molecule has 94 valence electrons. The second kappa shape index (κ2) is 6.81. The third-order valence-corrected chi connectivity index (χ3v) is 3.35. The average molecular weight is 326 g/mol. The molecule has 0 amide bonds. The van der Waals surface area contributed by atoms with Crippen LogP contribution in [0.2, 0.25) is 5.02 Å². The Hall–Kier alpha value is -0.990. The highest BCUT2D eigenvalue weighted by Crippen LogP contribution is 2.17. The number of rotatable bonds is 5. The molecule has 0 aromatic heterocycles. The van der Waals surface area contributed by atoms with Crippen molar-refractivity contribution in [3.05, 3.63) is 63.6 Å². The van der Waals surface area contributed by atoms with E-state index in [2.05, 4.69) is 40.2 Å². The van der Waals surface area contributed by atoms with E-state index >= 15 is 0 Å². The Bertz CT molecular complexity index is 496. The predicted octanol–water partition coefficient (Wildman–Crippen LogP) is 5.11. The number of benzene rings is 2. The summed E-state index contributed by atoms with van der Waals surface area (Å²) in [6.45, 7) is 0.705. The largest absolute Gasteiger partial charge is 0.494 e. The second-order valence-electron chi connectivity index (χ2n) is 4.04. The molecule has 2 aromatic rings. The van der Waals surface area contributed by atoms with Gasteiger partial charge in [0.1, 0.15) is 5.75 Å². The maximum atomic E-state index is 5.88. The van der Waals surface area contributed by atoms with Crippen LogP contribution >= 0.6 is 27.5 Å². The molecule has 18 heavy (non-hydrogen) atoms. The lowest BCUT2D eigenvalue weighted by Gasteiger charge is -2.06. The normalized spacial score (nSPS) is 10.3. The van der Waals surface area contributed by atoms with E-state index < -0.39 is 0 Å². The summed E-state index contributed by atoms with van der Waals surface area (Å²) in [4.78, 5) is 0. The molecule has 0 N–H and O–H groups in total. The molecule has 0 atom stereocenters. The van der Waals surface area contributed by atoms with Crippen LogP contribution in [0.1, 0.15) is 12.0 Å². The van der Waals surface area contributed by atoms with E-state index in [0.29, 0.717) is 11.6 Å². The second-order valence-corrected chi connectivity index (χ2v) is 5.39. The molecule has 0 unspecified atom stereocenters. The van der Waals surface area contributed by atoms with Gasteiger partial charge in [-0.1, -0.05) is 45.7 Å². The van der Waals surface area contributed by atoms with Crippen molar-refractivity contribution in [2.75, 3.05) is 6.61 Å². The Kier molecular flexibility index (Phi) is 5.09. The van der Waals surface area contributed by atoms with Gasteiger partial charge in [-0.2, -0.15) is 0 Å². The van der Waals surface area contributed by atoms with Crippen LogP contribution in [0.3, 0.4) is 0 Å². The van der Waals surface area contributed by atoms with Gasteiger partial charge in [-0.15, -0.1) is 0 Å². The smallest absolute Gasteiger partial charge is 0.120 e. The first-order valence-corrected chi connectivity index (χ1v) is 7.04. The Morgan fingerprint density at radius 1 is 1.06 bits per heavy atom. The first-order chi connectivity index (χ1) is 8.74. The molecule has 2 rings (SSSR count). The molecule has 0 radical (unpaired) electrons. The van der Waals surface area contributed by atoms with Gasteiger partial charge in [0, 0.05) is 9.50 Å². The van der Waals surface area contributed by atoms with E-state index in [1.165, 1.54) is 5.56 Å². The van der Waals surface area contributed by atoms with Crippen molar-refractivity contribution in [3.63, 3.8) is 0 Å². The van der Waals surface area contributed by atoms with Gasteiger partial charge in [-0.3, -0.25) is 0 Å². The third-order valence-electron chi connectivity index (χ3n) is 2.59. The maximum Gasteiger partial charge on any atom is 0.120 e. The molecule has 0 heterocycles. The van der Waals surface area contributed by atoms with Crippen molar-refractivity contribution in [1.82, 2.24) is 0 Å². The lowest BCUT2D eigenvalue weighted by molar-refractivity contribution is 0.311. The molecule has 3 heteroatoms. The Morgan fingerprint density at radius 3 is 2.56 bits per heavy atom. The zero-order valence-electron chi connectivity index (χ0n) is 9.90. The Balaban J connectivity index is 1.74. The van der Waals surface area contributed by atoms with Crippen LogP contribution in [0.25, 0.3) is 0 Å². The van der Waals surface area contributed by atoms with Crippen LogP contribution < -0.4 is 4.74 Å². The Morgan fingerprint density at radius 2 is 1.83 bits per heavy atom. The molecule has 0 aliphatic heterocycles. The molecule has 0 bridgehead atoms. The number of ether oxygens (including phenoxy) is 1. The minimum Gasteiger partial charge on any atom is -0.494 e. The highest BCUT2D eigenvalue weighted by molar-refractivity contribution is 9.10. The van der Waals surface area contributed by atoms with Crippen molar-refractivity contribution >= 4 is 27.5 Å². The molecule has 0 aliphatic rings. The molecule has 0 saturated heterocycles. The summed E-state index contributed by atoms with van der Waals surface area (Å²) in [5.41, 5.74) is 1.33. The molecule has 0 spiro atoms. The van der Waals surface area contributed by atoms with Gasteiger partial charge in [0.05, 0.1) is 6.61 Å². The standard InChI is InChI=1S/C15H14BrClO/c16-13-8-6-12(7-9-13)3-2-10-18-15-5-1-4-14(17)11-15/h1,4-9,11H,2-3,10H2. The van der Waals surface area contributed by atoms with Gasteiger partial charge in [0.2, 0.25) is 0 Å². The summed E-state index contributed by atoms with van der Waals surface area (Å²) in [6, 6.07) is 15.9. The molecular formula is C15H14BrClO. The predicted molar refractivity (Wildman–Crippen MR) is 79.4 cm³/mol. The van der Waals surface area contributed by atoms with Crippen molar-refractivity contribution in [1.29, 1.82) is 0 Å². The minimum atomic E-state index is 0.705. The van der Waals surface area contributed by atoms with Gasteiger partial charge >= 0.3 is 0 Å². The van der Waals surface area contributed by atoms with E-state index in [1.807, 2.05) is 24.3 Å². The van der Waals surface area contributed by atoms with E-state index in [1.54, 1.807) is 0 Å². The van der Waals surface area contributed by atoms with Crippen LogP contribution in [0, 0.1) is 0 Å².